The van der Waals surface area contributed by atoms with Gasteiger partial charge in [0.05, 0.1) is 39.9 Å². The minimum absolute atomic E-state index is 0.0285. The Labute approximate surface area is 181 Å². The van der Waals surface area contributed by atoms with E-state index < -0.39 is 11.9 Å². The summed E-state index contributed by atoms with van der Waals surface area (Å²) in [6.45, 7) is 0. The lowest BCUT2D eigenvalue weighted by atomic mass is 9.83. The number of rotatable bonds is 3. The van der Waals surface area contributed by atoms with Crippen molar-refractivity contribution < 1.29 is 14.3 Å². The van der Waals surface area contributed by atoms with Gasteiger partial charge in [-0.2, -0.15) is 5.26 Å². The summed E-state index contributed by atoms with van der Waals surface area (Å²) in [7, 11) is 1.31. The number of fused-ring (bicyclic) bond motifs is 1. The SMILES string of the molecule is COC(=O)c1ccc(C2C(C#N)=C(N)Oc3n[nH]c(-c4ccc(Cl)c(Cl)c4)c32)cc1. The lowest BCUT2D eigenvalue weighted by Crippen LogP contribution is -2.21. The van der Waals surface area contributed by atoms with Gasteiger partial charge in [0.1, 0.15) is 11.6 Å². The van der Waals surface area contributed by atoms with E-state index in [0.717, 1.165) is 11.1 Å². The van der Waals surface area contributed by atoms with Gasteiger partial charge in [0, 0.05) is 5.56 Å². The third-order valence-corrected chi connectivity index (χ3v) is 5.55. The Kier molecular flexibility index (Phi) is 5.12. The summed E-state index contributed by atoms with van der Waals surface area (Å²) in [6.07, 6.45) is 0. The molecule has 0 spiro atoms. The van der Waals surface area contributed by atoms with Crippen LogP contribution in [-0.2, 0) is 4.74 Å². The number of carbonyl (C=O) groups is 1. The van der Waals surface area contributed by atoms with E-state index in [1.165, 1.54) is 7.11 Å². The zero-order chi connectivity index (χ0) is 21.4. The molecule has 0 saturated heterocycles. The Hall–Kier alpha value is -3.47. The van der Waals surface area contributed by atoms with E-state index in [-0.39, 0.29) is 17.3 Å². The van der Waals surface area contributed by atoms with Gasteiger partial charge in [-0.1, -0.05) is 41.4 Å². The number of halogens is 2. The molecule has 4 rings (SSSR count). The number of nitrogens with zero attached hydrogens (tertiary/aromatic N) is 2. The van der Waals surface area contributed by atoms with Crippen molar-refractivity contribution in [2.24, 2.45) is 5.73 Å². The first-order valence-corrected chi connectivity index (χ1v) is 9.49. The van der Waals surface area contributed by atoms with Crippen LogP contribution in [0.2, 0.25) is 10.0 Å². The van der Waals surface area contributed by atoms with Gasteiger partial charge >= 0.3 is 5.97 Å². The molecule has 1 aliphatic rings. The maximum Gasteiger partial charge on any atom is 0.337 e. The monoisotopic (exact) mass is 440 g/mol. The van der Waals surface area contributed by atoms with Crippen LogP contribution in [0.5, 0.6) is 5.88 Å². The van der Waals surface area contributed by atoms with Gasteiger partial charge in [-0.15, -0.1) is 5.10 Å². The van der Waals surface area contributed by atoms with Gasteiger partial charge in [0.15, 0.2) is 0 Å². The summed E-state index contributed by atoms with van der Waals surface area (Å²) >= 11 is 12.2. The molecule has 1 aliphatic heterocycles. The van der Waals surface area contributed by atoms with Crippen LogP contribution in [0.15, 0.2) is 53.9 Å². The lowest BCUT2D eigenvalue weighted by Gasteiger charge is -2.24. The number of H-pyrrole nitrogens is 1. The van der Waals surface area contributed by atoms with Crippen molar-refractivity contribution in [2.45, 2.75) is 5.92 Å². The first kappa shape index (κ1) is 19.8. The average Bonchev–Trinajstić information content (AvgIpc) is 3.17. The predicted molar refractivity (Wildman–Crippen MR) is 111 cm³/mol. The minimum atomic E-state index is -0.561. The van der Waals surface area contributed by atoms with Crippen molar-refractivity contribution in [2.75, 3.05) is 7.11 Å². The molecule has 9 heteroatoms. The highest BCUT2D eigenvalue weighted by Gasteiger charge is 2.35. The Bertz CT molecular complexity index is 1230. The maximum atomic E-state index is 11.8. The molecule has 1 unspecified atom stereocenters. The first-order chi connectivity index (χ1) is 14.4. The smallest absolute Gasteiger partial charge is 0.337 e. The number of nitrogens with one attached hydrogen (secondary N) is 1. The second-order valence-electron chi connectivity index (χ2n) is 6.48. The fourth-order valence-electron chi connectivity index (χ4n) is 3.38. The molecular formula is C21H14Cl2N4O3. The summed E-state index contributed by atoms with van der Waals surface area (Å²) in [4.78, 5) is 11.8. The molecule has 0 bridgehead atoms. The molecule has 30 heavy (non-hydrogen) atoms. The zero-order valence-corrected chi connectivity index (χ0v) is 17.1. The molecule has 1 aromatic heterocycles. The normalized spacial score (nSPS) is 15.2. The maximum absolute atomic E-state index is 11.8. The first-order valence-electron chi connectivity index (χ1n) is 8.74. The number of carbonyl (C=O) groups excluding carboxylic acids is 1. The van der Waals surface area contributed by atoms with Crippen molar-refractivity contribution in [1.29, 1.82) is 5.26 Å². The van der Waals surface area contributed by atoms with Crippen LogP contribution >= 0.6 is 23.2 Å². The van der Waals surface area contributed by atoms with Crippen LogP contribution in [0.25, 0.3) is 11.3 Å². The van der Waals surface area contributed by atoms with Crippen molar-refractivity contribution >= 4 is 29.2 Å². The number of ether oxygens (including phenoxy) is 2. The molecule has 2 aromatic carbocycles. The van der Waals surface area contributed by atoms with Gasteiger partial charge in [0.2, 0.25) is 11.8 Å². The molecule has 3 aromatic rings. The largest absolute Gasteiger partial charge is 0.465 e. The third-order valence-electron chi connectivity index (χ3n) is 4.81. The van der Waals surface area contributed by atoms with Gasteiger partial charge < -0.3 is 15.2 Å². The fraction of sp³-hybridized carbons (Fsp3) is 0.0952. The number of aromatic amines is 1. The summed E-state index contributed by atoms with van der Waals surface area (Å²) in [5.41, 5.74) is 9.31. The topological polar surface area (TPSA) is 114 Å². The number of aromatic nitrogens is 2. The van der Waals surface area contributed by atoms with E-state index in [2.05, 4.69) is 16.3 Å². The number of nitriles is 1. The van der Waals surface area contributed by atoms with Crippen LogP contribution in [-0.4, -0.2) is 23.3 Å². The van der Waals surface area contributed by atoms with Crippen molar-refractivity contribution in [3.63, 3.8) is 0 Å². The van der Waals surface area contributed by atoms with Crippen molar-refractivity contribution in [3.8, 4) is 23.2 Å². The Morgan fingerprint density at radius 1 is 1.23 bits per heavy atom. The number of hydrogen-bond acceptors (Lipinski definition) is 6. The van der Waals surface area contributed by atoms with Gasteiger partial charge in [0.25, 0.3) is 0 Å². The Morgan fingerprint density at radius 3 is 2.60 bits per heavy atom. The highest BCUT2D eigenvalue weighted by atomic mass is 35.5. The van der Waals surface area contributed by atoms with Crippen molar-refractivity contribution in [3.05, 3.63) is 80.7 Å². The van der Waals surface area contributed by atoms with E-state index in [1.807, 2.05) is 0 Å². The van der Waals surface area contributed by atoms with E-state index in [1.54, 1.807) is 42.5 Å². The van der Waals surface area contributed by atoms with E-state index in [4.69, 9.17) is 38.4 Å². The summed E-state index contributed by atoms with van der Waals surface area (Å²) in [5.74, 6) is -0.785. The van der Waals surface area contributed by atoms with Gasteiger partial charge in [-0.05, 0) is 29.8 Å². The van der Waals surface area contributed by atoms with Crippen LogP contribution in [0.1, 0.15) is 27.4 Å². The molecule has 150 valence electrons. The molecule has 3 N–H and O–H groups in total. The van der Waals surface area contributed by atoms with Crippen LogP contribution in [0.3, 0.4) is 0 Å². The zero-order valence-electron chi connectivity index (χ0n) is 15.6. The number of esters is 1. The van der Waals surface area contributed by atoms with Crippen molar-refractivity contribution in [1.82, 2.24) is 10.2 Å². The number of methoxy groups -OCH3 is 1. The van der Waals surface area contributed by atoms with Crippen LogP contribution in [0, 0.1) is 11.3 Å². The molecule has 0 fully saturated rings. The second kappa shape index (κ2) is 7.75. The molecule has 2 heterocycles. The Balaban J connectivity index is 1.88. The molecule has 1 atom stereocenters. The number of hydrogen-bond donors (Lipinski definition) is 2. The fourth-order valence-corrected chi connectivity index (χ4v) is 3.68. The summed E-state index contributed by atoms with van der Waals surface area (Å²) < 4.78 is 10.3. The molecular weight excluding hydrogens is 427 g/mol. The quantitative estimate of drug-likeness (QED) is 0.583. The molecule has 0 aliphatic carbocycles. The number of nitrogens with two attached hydrogens (primary N) is 1. The van der Waals surface area contributed by atoms with Crippen LogP contribution in [0.4, 0.5) is 0 Å². The predicted octanol–water partition coefficient (Wildman–Crippen LogP) is 4.39. The molecule has 0 saturated carbocycles. The van der Waals surface area contributed by atoms with E-state index >= 15 is 0 Å². The highest BCUT2D eigenvalue weighted by molar-refractivity contribution is 6.42. The highest BCUT2D eigenvalue weighted by Crippen LogP contribution is 2.46. The lowest BCUT2D eigenvalue weighted by molar-refractivity contribution is 0.0600. The van der Waals surface area contributed by atoms with Gasteiger partial charge in [-0.25, -0.2) is 4.79 Å². The molecule has 0 radical (unpaired) electrons. The molecule has 0 amide bonds. The summed E-state index contributed by atoms with van der Waals surface area (Å²) in [6, 6.07) is 14.0. The van der Waals surface area contributed by atoms with Crippen LogP contribution < -0.4 is 10.5 Å². The Morgan fingerprint density at radius 2 is 1.97 bits per heavy atom. The molecule has 7 nitrogen and oxygen atoms in total. The number of allylic oxidation sites excluding steroid dienone is 1. The minimum Gasteiger partial charge on any atom is -0.465 e. The number of benzene rings is 2. The standard InChI is InChI=1S/C21H14Cl2N4O3/c1-29-21(28)11-4-2-10(3-5-11)16-13(9-24)19(25)30-20-17(16)18(26-27-20)12-6-7-14(22)15(23)8-12/h2-8,16H,25H2,1H3,(H,26,27). The van der Waals surface area contributed by atoms with Gasteiger partial charge in [-0.3, -0.25) is 5.10 Å². The second-order valence-corrected chi connectivity index (χ2v) is 7.30. The third kappa shape index (κ3) is 3.26. The van der Waals surface area contributed by atoms with E-state index in [0.29, 0.717) is 26.9 Å². The summed E-state index contributed by atoms with van der Waals surface area (Å²) in [5, 5.41) is 17.7. The average molecular weight is 441 g/mol. The van der Waals surface area contributed by atoms with E-state index in [9.17, 15) is 10.1 Å².